The van der Waals surface area contributed by atoms with E-state index in [4.69, 9.17) is 14.9 Å². The van der Waals surface area contributed by atoms with E-state index in [9.17, 15) is 10.2 Å². The van der Waals surface area contributed by atoms with Gasteiger partial charge in [-0.1, -0.05) is 12.1 Å². The molecule has 3 aromatic rings. The number of aliphatic hydroxyl groups is 2. The molecule has 1 aliphatic heterocycles. The molecule has 1 aromatic heterocycles. The molecule has 0 aliphatic carbocycles. The summed E-state index contributed by atoms with van der Waals surface area (Å²) in [5.41, 5.74) is 2.39. The van der Waals surface area contributed by atoms with Crippen LogP contribution in [0.4, 0.5) is 5.69 Å². The molecule has 1 fully saturated rings. The third-order valence-corrected chi connectivity index (χ3v) is 5.85. The SMILES string of the molecule is COc1cc(OC)cc(N2C(=N)C(c3nc4ccccc4[nH]3)C(O)C2CCCCO)c1. The molecule has 2 aromatic carbocycles. The second kappa shape index (κ2) is 8.95. The fourth-order valence-corrected chi connectivity index (χ4v) is 4.30. The van der Waals surface area contributed by atoms with Gasteiger partial charge in [-0.3, -0.25) is 5.41 Å². The smallest absolute Gasteiger partial charge is 0.124 e. The number of rotatable bonds is 8. The first-order valence-corrected chi connectivity index (χ1v) is 10.4. The van der Waals surface area contributed by atoms with Crippen LogP contribution in [0.2, 0.25) is 0 Å². The summed E-state index contributed by atoms with van der Waals surface area (Å²) < 4.78 is 10.8. The van der Waals surface area contributed by atoms with Crippen molar-refractivity contribution < 1.29 is 19.7 Å². The van der Waals surface area contributed by atoms with Crippen LogP contribution in [0.15, 0.2) is 42.5 Å². The monoisotopic (exact) mass is 424 g/mol. The third-order valence-electron chi connectivity index (χ3n) is 5.85. The molecule has 0 saturated carbocycles. The van der Waals surface area contributed by atoms with Crippen molar-refractivity contribution in [3.05, 3.63) is 48.3 Å². The fourth-order valence-electron chi connectivity index (χ4n) is 4.30. The molecule has 3 atom stereocenters. The Balaban J connectivity index is 1.75. The number of H-pyrrole nitrogens is 1. The summed E-state index contributed by atoms with van der Waals surface area (Å²) in [5, 5.41) is 29.5. The van der Waals surface area contributed by atoms with Crippen molar-refractivity contribution in [2.45, 2.75) is 37.3 Å². The number of para-hydroxylation sites is 2. The lowest BCUT2D eigenvalue weighted by Gasteiger charge is -2.28. The quantitative estimate of drug-likeness (QED) is 0.413. The van der Waals surface area contributed by atoms with Crippen LogP contribution < -0.4 is 14.4 Å². The summed E-state index contributed by atoms with van der Waals surface area (Å²) in [6.45, 7) is 0.0975. The van der Waals surface area contributed by atoms with Crippen molar-refractivity contribution in [1.82, 2.24) is 9.97 Å². The minimum absolute atomic E-state index is 0.0975. The maximum atomic E-state index is 11.3. The van der Waals surface area contributed by atoms with Crippen LogP contribution in [0.1, 0.15) is 31.0 Å². The number of hydrogen-bond acceptors (Lipinski definition) is 6. The number of nitrogens with one attached hydrogen (secondary N) is 2. The Labute approximate surface area is 181 Å². The summed E-state index contributed by atoms with van der Waals surface area (Å²) in [6.07, 6.45) is 1.17. The highest BCUT2D eigenvalue weighted by Gasteiger charge is 2.47. The van der Waals surface area contributed by atoms with Gasteiger partial charge in [-0.25, -0.2) is 4.98 Å². The number of nitrogens with zero attached hydrogens (tertiary/aromatic N) is 2. The number of aromatic amines is 1. The van der Waals surface area contributed by atoms with Gasteiger partial charge in [0, 0.05) is 30.5 Å². The van der Waals surface area contributed by atoms with Crippen LogP contribution in [0.25, 0.3) is 11.0 Å². The number of amidine groups is 1. The number of aliphatic hydroxyl groups excluding tert-OH is 2. The standard InChI is InChI=1S/C23H28N4O4/c1-30-15-11-14(12-16(13-15)31-2)27-19(9-5-6-10-28)21(29)20(22(27)24)23-25-17-7-3-4-8-18(17)26-23/h3-4,7-8,11-13,19-21,24,28-29H,5-6,9-10H2,1-2H3,(H,25,26). The number of ether oxygens (including phenoxy) is 2. The van der Waals surface area contributed by atoms with E-state index in [0.29, 0.717) is 35.9 Å². The Kier molecular flexibility index (Phi) is 6.11. The molecule has 0 spiro atoms. The molecule has 2 heterocycles. The minimum atomic E-state index is -0.830. The Morgan fingerprint density at radius 1 is 1.10 bits per heavy atom. The lowest BCUT2D eigenvalue weighted by atomic mass is 9.97. The van der Waals surface area contributed by atoms with E-state index in [1.165, 1.54) is 0 Å². The van der Waals surface area contributed by atoms with Gasteiger partial charge in [0.15, 0.2) is 0 Å². The zero-order valence-electron chi connectivity index (χ0n) is 17.7. The van der Waals surface area contributed by atoms with Gasteiger partial charge in [-0.15, -0.1) is 0 Å². The maximum absolute atomic E-state index is 11.3. The predicted octanol–water partition coefficient (Wildman–Crippen LogP) is 3.05. The third kappa shape index (κ3) is 3.96. The van der Waals surface area contributed by atoms with Gasteiger partial charge < -0.3 is 29.6 Å². The first-order chi connectivity index (χ1) is 15.1. The largest absolute Gasteiger partial charge is 0.497 e. The van der Waals surface area contributed by atoms with Gasteiger partial charge >= 0.3 is 0 Å². The van der Waals surface area contributed by atoms with Crippen LogP contribution in [0, 0.1) is 5.41 Å². The molecule has 31 heavy (non-hydrogen) atoms. The number of aromatic nitrogens is 2. The van der Waals surface area contributed by atoms with Gasteiger partial charge in [0.05, 0.1) is 37.4 Å². The average molecular weight is 425 g/mol. The van der Waals surface area contributed by atoms with E-state index >= 15 is 0 Å². The zero-order valence-corrected chi connectivity index (χ0v) is 17.7. The Morgan fingerprint density at radius 2 is 1.81 bits per heavy atom. The highest BCUT2D eigenvalue weighted by atomic mass is 16.5. The molecule has 3 unspecified atom stereocenters. The van der Waals surface area contributed by atoms with E-state index in [2.05, 4.69) is 9.97 Å². The average Bonchev–Trinajstić information content (AvgIpc) is 3.31. The molecule has 8 nitrogen and oxygen atoms in total. The predicted molar refractivity (Wildman–Crippen MR) is 119 cm³/mol. The molecule has 4 rings (SSSR count). The number of unbranched alkanes of at least 4 members (excludes halogenated alkanes) is 1. The molecular weight excluding hydrogens is 396 g/mol. The molecule has 1 aliphatic rings. The molecule has 1 saturated heterocycles. The molecule has 0 radical (unpaired) electrons. The highest BCUT2D eigenvalue weighted by Crippen LogP contribution is 2.40. The molecular formula is C23H28N4O4. The van der Waals surface area contributed by atoms with Crippen molar-refractivity contribution in [1.29, 1.82) is 5.41 Å². The van der Waals surface area contributed by atoms with Gasteiger partial charge in [0.1, 0.15) is 29.1 Å². The topological polar surface area (TPSA) is 115 Å². The number of fused-ring (bicyclic) bond motifs is 1. The number of methoxy groups -OCH3 is 2. The number of hydrogen-bond donors (Lipinski definition) is 4. The summed E-state index contributed by atoms with van der Waals surface area (Å²) in [7, 11) is 3.16. The van der Waals surface area contributed by atoms with Crippen molar-refractivity contribution >= 4 is 22.6 Å². The lowest BCUT2D eigenvalue weighted by Crippen LogP contribution is -2.37. The first-order valence-electron chi connectivity index (χ1n) is 10.4. The highest BCUT2D eigenvalue weighted by molar-refractivity contribution is 6.04. The number of benzene rings is 2. The van der Waals surface area contributed by atoms with Gasteiger partial charge in [0.2, 0.25) is 0 Å². The molecule has 4 N–H and O–H groups in total. The summed E-state index contributed by atoms with van der Waals surface area (Å²) in [6, 6.07) is 12.8. The Bertz CT molecular complexity index is 1010. The maximum Gasteiger partial charge on any atom is 0.124 e. The van der Waals surface area contributed by atoms with E-state index in [1.54, 1.807) is 20.3 Å². The van der Waals surface area contributed by atoms with Gasteiger partial charge in [-0.2, -0.15) is 0 Å². The van der Waals surface area contributed by atoms with Crippen LogP contribution in [0.5, 0.6) is 11.5 Å². The summed E-state index contributed by atoms with van der Waals surface area (Å²) >= 11 is 0. The summed E-state index contributed by atoms with van der Waals surface area (Å²) in [5.74, 6) is 1.46. The van der Waals surface area contributed by atoms with E-state index in [0.717, 1.165) is 17.5 Å². The number of anilines is 1. The Morgan fingerprint density at radius 3 is 2.45 bits per heavy atom. The molecule has 8 heteroatoms. The molecule has 0 amide bonds. The normalized spacial score (nSPS) is 21.1. The lowest BCUT2D eigenvalue weighted by molar-refractivity contribution is 0.143. The van der Waals surface area contributed by atoms with Crippen molar-refractivity contribution in [3.63, 3.8) is 0 Å². The van der Waals surface area contributed by atoms with E-state index in [1.807, 2.05) is 41.3 Å². The molecule has 0 bridgehead atoms. The van der Waals surface area contributed by atoms with Crippen LogP contribution in [-0.2, 0) is 0 Å². The second-order valence-corrected chi connectivity index (χ2v) is 7.72. The minimum Gasteiger partial charge on any atom is -0.497 e. The zero-order chi connectivity index (χ0) is 22.0. The fraction of sp³-hybridized carbons (Fsp3) is 0.391. The summed E-state index contributed by atoms with van der Waals surface area (Å²) in [4.78, 5) is 9.76. The van der Waals surface area contributed by atoms with Crippen molar-refractivity contribution in [2.75, 3.05) is 25.7 Å². The van der Waals surface area contributed by atoms with Crippen LogP contribution in [-0.4, -0.2) is 59.0 Å². The van der Waals surface area contributed by atoms with Crippen LogP contribution >= 0.6 is 0 Å². The second-order valence-electron chi connectivity index (χ2n) is 7.72. The van der Waals surface area contributed by atoms with Gasteiger partial charge in [-0.05, 0) is 31.4 Å². The molecule has 164 valence electrons. The number of imidazole rings is 1. The van der Waals surface area contributed by atoms with Gasteiger partial charge in [0.25, 0.3) is 0 Å². The Hall–Kier alpha value is -3.10. The van der Waals surface area contributed by atoms with Crippen molar-refractivity contribution in [2.24, 2.45) is 0 Å². The van der Waals surface area contributed by atoms with E-state index < -0.39 is 12.0 Å². The first kappa shape index (κ1) is 21.1. The van der Waals surface area contributed by atoms with Crippen molar-refractivity contribution in [3.8, 4) is 11.5 Å². The van der Waals surface area contributed by atoms with E-state index in [-0.39, 0.29) is 18.5 Å². The van der Waals surface area contributed by atoms with Crippen LogP contribution in [0.3, 0.4) is 0 Å².